The summed E-state index contributed by atoms with van der Waals surface area (Å²) in [4.78, 5) is 46.4. The van der Waals surface area contributed by atoms with Crippen LogP contribution in [-0.4, -0.2) is 53.2 Å². The van der Waals surface area contributed by atoms with Crippen LogP contribution in [0.3, 0.4) is 0 Å². The molecular formula is C23H29F3N2O7. The number of Topliss-reactive ketones (excluding diaryl/α,β-unsaturated/α-hetero) is 1. The fraction of sp³-hybridized carbons (Fsp3) is 0.478. The van der Waals surface area contributed by atoms with Gasteiger partial charge < -0.3 is 25.3 Å². The number of carbonyl (C=O) groups is 3. The van der Waals surface area contributed by atoms with Gasteiger partial charge >= 0.3 is 23.7 Å². The summed E-state index contributed by atoms with van der Waals surface area (Å²) in [5.74, 6) is -4.03. The van der Waals surface area contributed by atoms with Gasteiger partial charge in [-0.25, -0.2) is 9.59 Å². The minimum Gasteiger partial charge on any atom is -0.480 e. The highest BCUT2D eigenvalue weighted by atomic mass is 19.4. The Hall–Kier alpha value is -3.41. The van der Waals surface area contributed by atoms with Crippen LogP contribution in [0.25, 0.3) is 11.0 Å². The number of aliphatic carboxylic acids is 2. The molecule has 0 saturated heterocycles. The number of fused-ring (bicyclic) bond motifs is 1. The lowest BCUT2D eigenvalue weighted by Gasteiger charge is -2.20. The first-order valence-corrected chi connectivity index (χ1v) is 11.0. The van der Waals surface area contributed by atoms with Crippen molar-refractivity contribution in [1.82, 2.24) is 0 Å². The number of unbranched alkanes of at least 4 members (excludes halogenated alkanes) is 2. The fourth-order valence-electron chi connectivity index (χ4n) is 3.16. The Bertz CT molecular complexity index is 1080. The zero-order valence-corrected chi connectivity index (χ0v) is 19.4. The number of nitrogens with two attached hydrogens (primary N) is 1. The van der Waals surface area contributed by atoms with Gasteiger partial charge in [-0.2, -0.15) is 13.2 Å². The molecule has 0 amide bonds. The van der Waals surface area contributed by atoms with Crippen LogP contribution in [0.2, 0.25) is 0 Å². The van der Waals surface area contributed by atoms with Crippen LogP contribution in [0.4, 0.5) is 18.9 Å². The Morgan fingerprint density at radius 2 is 1.66 bits per heavy atom. The van der Waals surface area contributed by atoms with Gasteiger partial charge in [-0.1, -0.05) is 12.8 Å². The fourth-order valence-corrected chi connectivity index (χ4v) is 3.16. The van der Waals surface area contributed by atoms with E-state index in [1.807, 2.05) is 18.2 Å². The molecule has 0 saturated carbocycles. The van der Waals surface area contributed by atoms with E-state index in [-0.39, 0.29) is 17.8 Å². The molecule has 2 aromatic rings. The van der Waals surface area contributed by atoms with Gasteiger partial charge in [0.15, 0.2) is 5.78 Å². The molecule has 0 aliphatic carbocycles. The first-order chi connectivity index (χ1) is 16.3. The van der Waals surface area contributed by atoms with Gasteiger partial charge in [0, 0.05) is 36.7 Å². The highest BCUT2D eigenvalue weighted by molar-refractivity contribution is 5.98. The van der Waals surface area contributed by atoms with E-state index >= 15 is 0 Å². The van der Waals surface area contributed by atoms with Gasteiger partial charge in [-0.3, -0.25) is 9.59 Å². The Kier molecular flexibility index (Phi) is 11.4. The van der Waals surface area contributed by atoms with Gasteiger partial charge in [0.05, 0.1) is 0 Å². The van der Waals surface area contributed by atoms with Crippen molar-refractivity contribution < 1.29 is 42.2 Å². The maximum atomic E-state index is 12.4. The first-order valence-electron chi connectivity index (χ1n) is 11.0. The molecule has 0 radical (unpaired) electrons. The summed E-state index contributed by atoms with van der Waals surface area (Å²) in [6.45, 7) is 5.81. The number of ketones is 1. The monoisotopic (exact) mass is 502 g/mol. The minimum absolute atomic E-state index is 0.0605. The number of carboxylic acids is 2. The topological polar surface area (TPSA) is 151 Å². The van der Waals surface area contributed by atoms with Crippen molar-refractivity contribution in [3.05, 3.63) is 40.2 Å². The third kappa shape index (κ3) is 9.39. The van der Waals surface area contributed by atoms with Gasteiger partial charge in [-0.15, -0.1) is 0 Å². The van der Waals surface area contributed by atoms with E-state index in [2.05, 4.69) is 18.7 Å². The van der Waals surface area contributed by atoms with Crippen molar-refractivity contribution in [2.75, 3.05) is 18.0 Å². The van der Waals surface area contributed by atoms with E-state index in [4.69, 9.17) is 25.2 Å². The zero-order valence-electron chi connectivity index (χ0n) is 19.4. The average molecular weight is 502 g/mol. The lowest BCUT2D eigenvalue weighted by molar-refractivity contribution is -0.192. The summed E-state index contributed by atoms with van der Waals surface area (Å²) in [5, 5.41) is 16.6. The minimum atomic E-state index is -5.08. The molecule has 1 atom stereocenters. The van der Waals surface area contributed by atoms with Crippen LogP contribution in [0, 0.1) is 0 Å². The predicted octanol–water partition coefficient (Wildman–Crippen LogP) is 3.82. The molecule has 0 aliphatic heterocycles. The summed E-state index contributed by atoms with van der Waals surface area (Å²) >= 11 is 0. The van der Waals surface area contributed by atoms with E-state index < -0.39 is 29.8 Å². The number of carboxylic acid groups (broad SMARTS) is 2. The number of halogens is 3. The van der Waals surface area contributed by atoms with Crippen LogP contribution in [0.5, 0.6) is 0 Å². The van der Waals surface area contributed by atoms with E-state index in [0.717, 1.165) is 18.8 Å². The van der Waals surface area contributed by atoms with Crippen LogP contribution in [-0.2, 0) is 9.59 Å². The second-order valence-electron chi connectivity index (χ2n) is 7.61. The molecule has 4 N–H and O–H groups in total. The molecule has 2 rings (SSSR count). The SMILES string of the molecule is CCN(CC)c1ccc2cc(C(=O)CCCCCC(N)C(=O)O)c(=O)oc2c1.O=C(O)C(F)(F)F. The van der Waals surface area contributed by atoms with Crippen molar-refractivity contribution >= 4 is 34.4 Å². The Morgan fingerprint density at radius 1 is 1.06 bits per heavy atom. The standard InChI is InChI=1S/C21H28N2O5.C2HF3O2/c1-3-23(4-2)15-11-10-14-12-16(21(27)28-19(14)13-15)18(24)9-7-5-6-8-17(22)20(25)26;3-2(4,5)1(6)7/h10-13,17H,3-9,22H2,1-2H3,(H,25,26);(H,6,7). The van der Waals surface area contributed by atoms with Crippen molar-refractivity contribution in [3.63, 3.8) is 0 Å². The highest BCUT2D eigenvalue weighted by Crippen LogP contribution is 2.22. The number of hydrogen-bond donors (Lipinski definition) is 3. The Morgan fingerprint density at radius 3 is 2.17 bits per heavy atom. The summed E-state index contributed by atoms with van der Waals surface area (Å²) < 4.78 is 37.1. The van der Waals surface area contributed by atoms with Gasteiger partial charge in [0.1, 0.15) is 17.2 Å². The molecule has 0 aliphatic rings. The molecule has 1 heterocycles. The molecule has 0 spiro atoms. The normalized spacial score (nSPS) is 11.9. The molecule has 1 aromatic heterocycles. The van der Waals surface area contributed by atoms with Crippen molar-refractivity contribution in [2.45, 2.75) is 58.2 Å². The molecule has 0 fully saturated rings. The maximum Gasteiger partial charge on any atom is 0.490 e. The number of anilines is 1. The summed E-state index contributed by atoms with van der Waals surface area (Å²) in [7, 11) is 0. The molecular weight excluding hydrogens is 473 g/mol. The van der Waals surface area contributed by atoms with Gasteiger partial charge in [-0.05, 0) is 44.9 Å². The number of rotatable bonds is 11. The third-order valence-corrected chi connectivity index (χ3v) is 5.13. The number of alkyl halides is 3. The number of hydrogen-bond acceptors (Lipinski definition) is 7. The molecule has 1 aromatic carbocycles. The van der Waals surface area contributed by atoms with Crippen molar-refractivity contribution in [3.8, 4) is 0 Å². The third-order valence-electron chi connectivity index (χ3n) is 5.13. The molecule has 194 valence electrons. The summed E-state index contributed by atoms with van der Waals surface area (Å²) in [5.41, 5.74) is 6.32. The van der Waals surface area contributed by atoms with Crippen molar-refractivity contribution in [2.24, 2.45) is 5.73 Å². The van der Waals surface area contributed by atoms with Crippen LogP contribution in [0.15, 0.2) is 33.5 Å². The smallest absolute Gasteiger partial charge is 0.480 e. The lowest BCUT2D eigenvalue weighted by atomic mass is 10.0. The summed E-state index contributed by atoms with van der Waals surface area (Å²) in [6, 6.07) is 6.36. The molecule has 1 unspecified atom stereocenters. The lowest BCUT2D eigenvalue weighted by Crippen LogP contribution is -2.29. The predicted molar refractivity (Wildman–Crippen MR) is 123 cm³/mol. The Balaban J connectivity index is 0.000000762. The van der Waals surface area contributed by atoms with E-state index in [0.29, 0.717) is 36.7 Å². The highest BCUT2D eigenvalue weighted by Gasteiger charge is 2.38. The van der Waals surface area contributed by atoms with Crippen molar-refractivity contribution in [1.29, 1.82) is 0 Å². The van der Waals surface area contributed by atoms with E-state index in [9.17, 15) is 27.6 Å². The van der Waals surface area contributed by atoms with Crippen LogP contribution >= 0.6 is 0 Å². The largest absolute Gasteiger partial charge is 0.490 e. The van der Waals surface area contributed by atoms with E-state index in [1.165, 1.54) is 0 Å². The molecule has 9 nitrogen and oxygen atoms in total. The van der Waals surface area contributed by atoms with Crippen LogP contribution < -0.4 is 16.3 Å². The molecule has 35 heavy (non-hydrogen) atoms. The maximum absolute atomic E-state index is 12.4. The number of benzene rings is 1. The molecule has 0 bridgehead atoms. The number of carbonyl (C=O) groups excluding carboxylic acids is 1. The summed E-state index contributed by atoms with van der Waals surface area (Å²) in [6.07, 6.45) is -2.61. The van der Waals surface area contributed by atoms with Gasteiger partial charge in [0.25, 0.3) is 0 Å². The quantitative estimate of drug-likeness (QED) is 0.237. The zero-order chi connectivity index (χ0) is 26.8. The average Bonchev–Trinajstić information content (AvgIpc) is 2.78. The second kappa shape index (κ2) is 13.5. The first kappa shape index (κ1) is 29.6. The van der Waals surface area contributed by atoms with Gasteiger partial charge in [0.2, 0.25) is 0 Å². The van der Waals surface area contributed by atoms with E-state index in [1.54, 1.807) is 6.07 Å². The molecule has 12 heteroatoms. The second-order valence-corrected chi connectivity index (χ2v) is 7.61. The Labute approximate surface area is 199 Å². The van der Waals surface area contributed by atoms with Crippen LogP contribution in [0.1, 0.15) is 56.3 Å². The number of nitrogens with zero attached hydrogens (tertiary/aromatic N) is 1.